The number of carbonyl (C=O) groups is 1. The Morgan fingerprint density at radius 2 is 1.95 bits per heavy atom. The Hall–Kier alpha value is -1.72. The Bertz CT molecular complexity index is 617. The molecule has 2 aromatic carbocycles. The lowest BCUT2D eigenvalue weighted by Gasteiger charge is -2.09. The third-order valence-electron chi connectivity index (χ3n) is 2.45. The molecule has 0 heterocycles. The Morgan fingerprint density at radius 1 is 1.25 bits per heavy atom. The van der Waals surface area contributed by atoms with Crippen LogP contribution in [0, 0.1) is 0 Å². The minimum Gasteiger partial charge on any atom is -0.484 e. The van der Waals surface area contributed by atoms with E-state index in [1.54, 1.807) is 30.3 Å². The molecule has 0 atom stereocenters. The smallest absolute Gasteiger partial charge is 0.262 e. The number of amides is 1. The van der Waals surface area contributed by atoms with Crippen molar-refractivity contribution in [3.05, 3.63) is 52.0 Å². The van der Waals surface area contributed by atoms with Gasteiger partial charge < -0.3 is 15.8 Å². The van der Waals surface area contributed by atoms with Gasteiger partial charge >= 0.3 is 0 Å². The first-order chi connectivity index (χ1) is 9.54. The zero-order valence-corrected chi connectivity index (χ0v) is 12.7. The molecule has 20 heavy (non-hydrogen) atoms. The fourth-order valence-electron chi connectivity index (χ4n) is 1.50. The molecule has 0 radical (unpaired) electrons. The third-order valence-corrected chi connectivity index (χ3v) is 3.31. The summed E-state index contributed by atoms with van der Waals surface area (Å²) in [7, 11) is 0. The molecular formula is C14H12BrClN2O2. The van der Waals surface area contributed by atoms with Gasteiger partial charge in [-0.3, -0.25) is 4.79 Å². The van der Waals surface area contributed by atoms with Crippen molar-refractivity contribution in [2.45, 2.75) is 0 Å². The highest BCUT2D eigenvalue weighted by Crippen LogP contribution is 2.24. The molecule has 3 N–H and O–H groups in total. The molecule has 0 spiro atoms. The van der Waals surface area contributed by atoms with Crippen molar-refractivity contribution in [2.24, 2.45) is 0 Å². The number of hydrogen-bond acceptors (Lipinski definition) is 3. The topological polar surface area (TPSA) is 64.3 Å². The van der Waals surface area contributed by atoms with E-state index >= 15 is 0 Å². The van der Waals surface area contributed by atoms with E-state index < -0.39 is 0 Å². The number of halogens is 2. The van der Waals surface area contributed by atoms with Gasteiger partial charge in [0.15, 0.2) is 6.61 Å². The van der Waals surface area contributed by atoms with Crippen LogP contribution in [-0.4, -0.2) is 12.5 Å². The van der Waals surface area contributed by atoms with Crippen LogP contribution in [0.25, 0.3) is 0 Å². The molecule has 2 aromatic rings. The second-order valence-corrected chi connectivity index (χ2v) is 5.35. The van der Waals surface area contributed by atoms with Crippen LogP contribution in [0.2, 0.25) is 5.02 Å². The van der Waals surface area contributed by atoms with Gasteiger partial charge in [0.25, 0.3) is 5.91 Å². The highest BCUT2D eigenvalue weighted by Gasteiger charge is 2.07. The Morgan fingerprint density at radius 3 is 2.65 bits per heavy atom. The highest BCUT2D eigenvalue weighted by atomic mass is 79.9. The second kappa shape index (κ2) is 6.63. The first-order valence-corrected chi connectivity index (χ1v) is 6.95. The van der Waals surface area contributed by atoms with Crippen LogP contribution < -0.4 is 15.8 Å². The normalized spacial score (nSPS) is 10.1. The number of ether oxygens (including phenoxy) is 1. The maximum Gasteiger partial charge on any atom is 0.262 e. The average molecular weight is 356 g/mol. The number of nitrogen functional groups attached to an aromatic ring is 1. The van der Waals surface area contributed by atoms with Gasteiger partial charge in [-0.15, -0.1) is 0 Å². The summed E-state index contributed by atoms with van der Waals surface area (Å²) in [6.07, 6.45) is 0. The van der Waals surface area contributed by atoms with Gasteiger partial charge in [-0.05, 0) is 42.5 Å². The first kappa shape index (κ1) is 14.7. The summed E-state index contributed by atoms with van der Waals surface area (Å²) in [5.41, 5.74) is 6.63. The van der Waals surface area contributed by atoms with E-state index in [2.05, 4.69) is 21.2 Å². The summed E-state index contributed by atoms with van der Waals surface area (Å²) in [5.74, 6) is 0.308. The molecule has 1 amide bonds. The van der Waals surface area contributed by atoms with Crippen LogP contribution in [0.4, 0.5) is 11.4 Å². The lowest BCUT2D eigenvalue weighted by Crippen LogP contribution is -2.20. The van der Waals surface area contributed by atoms with Crippen molar-refractivity contribution in [3.63, 3.8) is 0 Å². The number of rotatable bonds is 4. The first-order valence-electron chi connectivity index (χ1n) is 5.78. The summed E-state index contributed by atoms with van der Waals surface area (Å²) in [5, 5.41) is 3.07. The van der Waals surface area contributed by atoms with Crippen molar-refractivity contribution in [3.8, 4) is 5.75 Å². The van der Waals surface area contributed by atoms with Gasteiger partial charge in [-0.25, -0.2) is 0 Å². The largest absolute Gasteiger partial charge is 0.484 e. The highest BCUT2D eigenvalue weighted by molar-refractivity contribution is 9.10. The molecule has 0 fully saturated rings. The van der Waals surface area contributed by atoms with Gasteiger partial charge in [0.2, 0.25) is 0 Å². The fraction of sp³-hybridized carbons (Fsp3) is 0.0714. The molecular weight excluding hydrogens is 344 g/mol. The molecule has 0 aromatic heterocycles. The molecule has 0 saturated carbocycles. The monoisotopic (exact) mass is 354 g/mol. The zero-order chi connectivity index (χ0) is 14.5. The predicted molar refractivity (Wildman–Crippen MR) is 84.1 cm³/mol. The van der Waals surface area contributed by atoms with Crippen LogP contribution in [0.1, 0.15) is 0 Å². The van der Waals surface area contributed by atoms with Gasteiger partial charge in [0, 0.05) is 10.2 Å². The predicted octanol–water partition coefficient (Wildman–Crippen LogP) is 3.70. The SMILES string of the molecule is Nc1ccc(Cl)c(NC(=O)COc2ccc(Br)cc2)c1. The number of nitrogens with two attached hydrogens (primary N) is 1. The van der Waals surface area contributed by atoms with Crippen LogP contribution in [0.3, 0.4) is 0 Å². The lowest BCUT2D eigenvalue weighted by molar-refractivity contribution is -0.118. The molecule has 0 unspecified atom stereocenters. The van der Waals surface area contributed by atoms with E-state index in [-0.39, 0.29) is 12.5 Å². The second-order valence-electron chi connectivity index (χ2n) is 4.03. The minimum absolute atomic E-state index is 0.104. The van der Waals surface area contributed by atoms with Crippen molar-refractivity contribution < 1.29 is 9.53 Å². The van der Waals surface area contributed by atoms with Gasteiger partial charge in [-0.1, -0.05) is 27.5 Å². The number of anilines is 2. The van der Waals surface area contributed by atoms with E-state index in [1.165, 1.54) is 0 Å². The number of hydrogen-bond donors (Lipinski definition) is 2. The van der Waals surface area contributed by atoms with E-state index in [1.807, 2.05) is 12.1 Å². The Balaban J connectivity index is 1.92. The number of carbonyl (C=O) groups excluding carboxylic acids is 1. The Kier molecular flexibility index (Phi) is 4.87. The fourth-order valence-corrected chi connectivity index (χ4v) is 1.93. The quantitative estimate of drug-likeness (QED) is 0.822. The maximum atomic E-state index is 11.8. The molecule has 0 bridgehead atoms. The minimum atomic E-state index is -0.305. The molecule has 0 saturated heterocycles. The van der Waals surface area contributed by atoms with E-state index in [0.29, 0.717) is 22.1 Å². The molecule has 6 heteroatoms. The summed E-state index contributed by atoms with van der Waals surface area (Å²) in [6.45, 7) is -0.104. The molecule has 104 valence electrons. The van der Waals surface area contributed by atoms with Crippen LogP contribution in [-0.2, 0) is 4.79 Å². The van der Waals surface area contributed by atoms with Crippen molar-refractivity contribution in [2.75, 3.05) is 17.7 Å². The van der Waals surface area contributed by atoms with Crippen LogP contribution in [0.15, 0.2) is 46.9 Å². The van der Waals surface area contributed by atoms with Gasteiger partial charge in [-0.2, -0.15) is 0 Å². The summed E-state index contributed by atoms with van der Waals surface area (Å²) < 4.78 is 6.30. The summed E-state index contributed by atoms with van der Waals surface area (Å²) in [6, 6.07) is 12.1. The summed E-state index contributed by atoms with van der Waals surface area (Å²) >= 11 is 9.28. The summed E-state index contributed by atoms with van der Waals surface area (Å²) in [4.78, 5) is 11.8. The van der Waals surface area contributed by atoms with Crippen molar-refractivity contribution in [1.82, 2.24) is 0 Å². The molecule has 0 aliphatic carbocycles. The van der Waals surface area contributed by atoms with E-state index in [4.69, 9.17) is 22.1 Å². The van der Waals surface area contributed by atoms with E-state index in [0.717, 1.165) is 4.47 Å². The molecule has 0 aliphatic rings. The number of benzene rings is 2. The van der Waals surface area contributed by atoms with Crippen LogP contribution in [0.5, 0.6) is 5.75 Å². The maximum absolute atomic E-state index is 11.8. The van der Waals surface area contributed by atoms with E-state index in [9.17, 15) is 4.79 Å². The average Bonchev–Trinajstić information content (AvgIpc) is 2.42. The molecule has 0 aliphatic heterocycles. The van der Waals surface area contributed by atoms with Gasteiger partial charge in [0.1, 0.15) is 5.75 Å². The van der Waals surface area contributed by atoms with Gasteiger partial charge in [0.05, 0.1) is 10.7 Å². The number of nitrogens with one attached hydrogen (secondary N) is 1. The molecule has 2 rings (SSSR count). The third kappa shape index (κ3) is 4.15. The van der Waals surface area contributed by atoms with Crippen LogP contribution >= 0.6 is 27.5 Å². The standard InChI is InChI=1S/C14H12BrClN2O2/c15-9-1-4-11(5-2-9)20-8-14(19)18-13-7-10(17)3-6-12(13)16/h1-7H,8,17H2,(H,18,19). The Labute approximate surface area is 130 Å². The molecule has 4 nitrogen and oxygen atoms in total. The van der Waals surface area contributed by atoms with Crippen molar-refractivity contribution in [1.29, 1.82) is 0 Å². The zero-order valence-electron chi connectivity index (χ0n) is 10.4. The lowest BCUT2D eigenvalue weighted by atomic mass is 10.3. The van der Waals surface area contributed by atoms with Crippen molar-refractivity contribution >= 4 is 44.8 Å².